The molecule has 4 nitrogen and oxygen atoms in total. The topological polar surface area (TPSA) is 82.0 Å². The van der Waals surface area contributed by atoms with Crippen LogP contribution >= 0.6 is 22.7 Å². The van der Waals surface area contributed by atoms with Gasteiger partial charge in [-0.1, -0.05) is 0 Å². The molecule has 3 rings (SSSR count). The van der Waals surface area contributed by atoms with E-state index < -0.39 is 5.91 Å². The van der Waals surface area contributed by atoms with Gasteiger partial charge < -0.3 is 11.5 Å². The first kappa shape index (κ1) is 11.2. The quantitative estimate of drug-likeness (QED) is 0.705. The lowest BCUT2D eigenvalue weighted by Gasteiger charge is -2.00. The molecule has 0 spiro atoms. The Kier molecular flexibility index (Phi) is 2.53. The van der Waals surface area contributed by atoms with Crippen molar-refractivity contribution in [1.82, 2.24) is 4.98 Å². The van der Waals surface area contributed by atoms with Crippen LogP contribution in [0.25, 0.3) is 20.7 Å². The number of nitrogen functional groups attached to an aromatic ring is 1. The molecule has 1 aromatic carbocycles. The van der Waals surface area contributed by atoms with Crippen LogP contribution in [0.15, 0.2) is 29.1 Å². The monoisotopic (exact) mass is 275 g/mol. The van der Waals surface area contributed by atoms with Gasteiger partial charge in [0.25, 0.3) is 0 Å². The van der Waals surface area contributed by atoms with Crippen molar-refractivity contribution in [3.8, 4) is 10.6 Å². The summed E-state index contributed by atoms with van der Waals surface area (Å²) in [6, 6.07) is 5.33. The van der Waals surface area contributed by atoms with Crippen LogP contribution in [-0.4, -0.2) is 10.9 Å². The van der Waals surface area contributed by atoms with Crippen LogP contribution in [0.2, 0.25) is 0 Å². The number of anilines is 1. The van der Waals surface area contributed by atoms with Gasteiger partial charge in [-0.3, -0.25) is 4.79 Å². The SMILES string of the molecule is NC(=O)c1ccc(N)c2cc(-c3cscn3)sc12. The Bertz CT molecular complexity index is 731. The largest absolute Gasteiger partial charge is 0.398 e. The van der Waals surface area contributed by atoms with Crippen molar-refractivity contribution in [1.29, 1.82) is 0 Å². The van der Waals surface area contributed by atoms with E-state index in [4.69, 9.17) is 11.5 Å². The molecule has 0 saturated carbocycles. The van der Waals surface area contributed by atoms with E-state index >= 15 is 0 Å². The number of aromatic nitrogens is 1. The van der Waals surface area contributed by atoms with Crippen LogP contribution in [0.1, 0.15) is 10.4 Å². The van der Waals surface area contributed by atoms with Gasteiger partial charge in [0, 0.05) is 21.2 Å². The summed E-state index contributed by atoms with van der Waals surface area (Å²) in [7, 11) is 0. The highest BCUT2D eigenvalue weighted by molar-refractivity contribution is 7.23. The third-order valence-corrected chi connectivity index (χ3v) is 4.44. The summed E-state index contributed by atoms with van der Waals surface area (Å²) in [4.78, 5) is 16.6. The van der Waals surface area contributed by atoms with E-state index in [1.165, 1.54) is 22.7 Å². The van der Waals surface area contributed by atoms with E-state index in [0.717, 1.165) is 20.7 Å². The Morgan fingerprint density at radius 2 is 2.17 bits per heavy atom. The second-order valence-corrected chi connectivity index (χ2v) is 5.56. The zero-order valence-corrected chi connectivity index (χ0v) is 10.8. The molecule has 2 aromatic heterocycles. The molecular weight excluding hydrogens is 266 g/mol. The molecule has 90 valence electrons. The van der Waals surface area contributed by atoms with Crippen molar-refractivity contribution in [3.63, 3.8) is 0 Å². The van der Waals surface area contributed by atoms with E-state index in [-0.39, 0.29) is 0 Å². The highest BCUT2D eigenvalue weighted by atomic mass is 32.1. The number of thiophene rings is 1. The van der Waals surface area contributed by atoms with E-state index in [1.54, 1.807) is 17.6 Å². The van der Waals surface area contributed by atoms with Crippen molar-refractivity contribution in [2.75, 3.05) is 5.73 Å². The van der Waals surface area contributed by atoms with Crippen LogP contribution in [0.4, 0.5) is 5.69 Å². The van der Waals surface area contributed by atoms with Crippen LogP contribution in [0.5, 0.6) is 0 Å². The Hall–Kier alpha value is -1.92. The minimum atomic E-state index is -0.438. The van der Waals surface area contributed by atoms with Gasteiger partial charge in [-0.05, 0) is 18.2 Å². The maximum absolute atomic E-state index is 11.4. The molecule has 0 bridgehead atoms. The number of benzene rings is 1. The van der Waals surface area contributed by atoms with Crippen molar-refractivity contribution >= 4 is 44.4 Å². The molecule has 6 heteroatoms. The molecule has 0 radical (unpaired) electrons. The summed E-state index contributed by atoms with van der Waals surface area (Å²) >= 11 is 3.02. The number of fused-ring (bicyclic) bond motifs is 1. The zero-order valence-electron chi connectivity index (χ0n) is 9.21. The average molecular weight is 275 g/mol. The zero-order chi connectivity index (χ0) is 12.7. The van der Waals surface area contributed by atoms with Gasteiger partial charge >= 0.3 is 0 Å². The highest BCUT2D eigenvalue weighted by Gasteiger charge is 2.14. The number of thiazole rings is 1. The van der Waals surface area contributed by atoms with Crippen molar-refractivity contribution in [2.45, 2.75) is 0 Å². The van der Waals surface area contributed by atoms with Gasteiger partial charge in [-0.25, -0.2) is 4.98 Å². The number of carbonyl (C=O) groups excluding carboxylic acids is 1. The first-order valence-electron chi connectivity index (χ1n) is 5.17. The maximum Gasteiger partial charge on any atom is 0.250 e. The molecule has 0 unspecified atom stereocenters. The second kappa shape index (κ2) is 4.08. The summed E-state index contributed by atoms with van der Waals surface area (Å²) < 4.78 is 0.825. The molecular formula is C12H9N3OS2. The Morgan fingerprint density at radius 3 is 2.83 bits per heavy atom. The number of rotatable bonds is 2. The number of primary amides is 1. The molecule has 0 atom stereocenters. The number of nitrogens with two attached hydrogens (primary N) is 2. The Balaban J connectivity index is 2.31. The van der Waals surface area contributed by atoms with Gasteiger partial charge in [0.05, 0.1) is 21.6 Å². The third kappa shape index (κ3) is 1.66. The molecule has 1 amide bonds. The predicted molar refractivity (Wildman–Crippen MR) is 75.9 cm³/mol. The van der Waals surface area contributed by atoms with Crippen molar-refractivity contribution in [3.05, 3.63) is 34.7 Å². The summed E-state index contributed by atoms with van der Waals surface area (Å²) in [5, 5.41) is 2.82. The summed E-state index contributed by atoms with van der Waals surface area (Å²) in [6.45, 7) is 0. The number of nitrogens with zero attached hydrogens (tertiary/aromatic N) is 1. The van der Waals surface area contributed by atoms with Crippen LogP contribution in [0, 0.1) is 0 Å². The fraction of sp³-hybridized carbons (Fsp3) is 0. The molecule has 0 aliphatic heterocycles. The van der Waals surface area contributed by atoms with E-state index in [1.807, 2.05) is 11.4 Å². The fourth-order valence-corrected chi connectivity index (χ4v) is 3.60. The van der Waals surface area contributed by atoms with Gasteiger partial charge in [-0.2, -0.15) is 0 Å². The lowest BCUT2D eigenvalue weighted by atomic mass is 10.1. The maximum atomic E-state index is 11.4. The Labute approximate surface area is 111 Å². The van der Waals surface area contributed by atoms with Gasteiger partial charge in [0.2, 0.25) is 5.91 Å². The van der Waals surface area contributed by atoms with Crippen LogP contribution in [-0.2, 0) is 0 Å². The highest BCUT2D eigenvalue weighted by Crippen LogP contribution is 2.37. The number of carbonyl (C=O) groups is 1. The first-order valence-corrected chi connectivity index (χ1v) is 6.93. The van der Waals surface area contributed by atoms with Gasteiger partial charge in [0.1, 0.15) is 0 Å². The Morgan fingerprint density at radius 1 is 1.33 bits per heavy atom. The molecule has 0 aliphatic carbocycles. The first-order chi connectivity index (χ1) is 8.66. The number of hydrogen-bond donors (Lipinski definition) is 2. The standard InChI is InChI=1S/C12H9N3OS2/c13-8-2-1-6(12(14)16)11-7(8)3-10(18-11)9-4-17-5-15-9/h1-5H,13H2,(H2,14,16). The summed E-state index contributed by atoms with van der Waals surface area (Å²) in [5.41, 5.74) is 15.1. The fourth-order valence-electron chi connectivity index (χ4n) is 1.80. The van der Waals surface area contributed by atoms with Crippen LogP contribution < -0.4 is 11.5 Å². The average Bonchev–Trinajstić information content (AvgIpc) is 2.97. The smallest absolute Gasteiger partial charge is 0.250 e. The molecule has 3 aromatic rings. The van der Waals surface area contributed by atoms with Crippen molar-refractivity contribution < 1.29 is 4.79 Å². The predicted octanol–water partition coefficient (Wildman–Crippen LogP) is 2.71. The summed E-state index contributed by atoms with van der Waals surface area (Å²) in [6.07, 6.45) is 0. The van der Waals surface area contributed by atoms with Crippen LogP contribution in [0.3, 0.4) is 0 Å². The van der Waals surface area contributed by atoms with Gasteiger partial charge in [0.15, 0.2) is 0 Å². The third-order valence-electron chi connectivity index (χ3n) is 2.67. The van der Waals surface area contributed by atoms with Crippen molar-refractivity contribution in [2.24, 2.45) is 5.73 Å². The van der Waals surface area contributed by atoms with E-state index in [9.17, 15) is 4.79 Å². The summed E-state index contributed by atoms with van der Waals surface area (Å²) in [5.74, 6) is -0.438. The second-order valence-electron chi connectivity index (χ2n) is 3.79. The molecule has 0 saturated heterocycles. The minimum absolute atomic E-state index is 0.438. The number of amides is 1. The molecule has 0 aliphatic rings. The van der Waals surface area contributed by atoms with E-state index in [0.29, 0.717) is 11.3 Å². The normalized spacial score (nSPS) is 10.9. The molecule has 18 heavy (non-hydrogen) atoms. The number of hydrogen-bond acceptors (Lipinski definition) is 5. The molecule has 0 fully saturated rings. The molecule has 2 heterocycles. The minimum Gasteiger partial charge on any atom is -0.398 e. The molecule has 4 N–H and O–H groups in total. The lowest BCUT2D eigenvalue weighted by molar-refractivity contribution is 0.100. The lowest BCUT2D eigenvalue weighted by Crippen LogP contribution is -2.10. The van der Waals surface area contributed by atoms with E-state index in [2.05, 4.69) is 4.98 Å². The van der Waals surface area contributed by atoms with Gasteiger partial charge in [-0.15, -0.1) is 22.7 Å².